The molecule has 1 aromatic heterocycles. The zero-order chi connectivity index (χ0) is 13.4. The molecule has 0 amide bonds. The van der Waals surface area contributed by atoms with E-state index in [1.807, 2.05) is 19.1 Å². The minimum absolute atomic E-state index is 0.314. The molecule has 2 aromatic carbocycles. The van der Waals surface area contributed by atoms with E-state index in [0.29, 0.717) is 16.8 Å². The maximum atomic E-state index is 13.8. The molecule has 1 heterocycles. The number of benzene rings is 2. The van der Waals surface area contributed by atoms with Gasteiger partial charge in [-0.1, -0.05) is 17.3 Å². The summed E-state index contributed by atoms with van der Waals surface area (Å²) in [5.41, 5.74) is 2.43. The van der Waals surface area contributed by atoms with Crippen molar-refractivity contribution in [1.82, 2.24) is 5.16 Å². The second-order valence-corrected chi connectivity index (χ2v) is 4.28. The number of nitrogens with zero attached hydrogens (tertiary/aromatic N) is 1. The van der Waals surface area contributed by atoms with Gasteiger partial charge in [0.2, 0.25) is 0 Å². The third kappa shape index (κ3) is 1.76. The summed E-state index contributed by atoms with van der Waals surface area (Å²) < 4.78 is 24.4. The van der Waals surface area contributed by atoms with Gasteiger partial charge < -0.3 is 9.26 Å². The average Bonchev–Trinajstić information content (AvgIpc) is 2.84. The summed E-state index contributed by atoms with van der Waals surface area (Å²) in [6.45, 7) is 1.89. The van der Waals surface area contributed by atoms with Crippen LogP contribution in [0.15, 0.2) is 40.9 Å². The predicted molar refractivity (Wildman–Crippen MR) is 70.7 cm³/mol. The summed E-state index contributed by atoms with van der Waals surface area (Å²) >= 11 is 0. The van der Waals surface area contributed by atoms with Crippen molar-refractivity contribution in [3.05, 3.63) is 47.8 Å². The highest BCUT2D eigenvalue weighted by Gasteiger charge is 2.16. The number of aromatic nitrogens is 1. The Hall–Kier alpha value is -2.36. The molecule has 0 unspecified atom stereocenters. The van der Waals surface area contributed by atoms with Crippen LogP contribution in [0.3, 0.4) is 0 Å². The maximum Gasteiger partial charge on any atom is 0.174 e. The molecule has 0 aliphatic carbocycles. The molecule has 3 aromatic rings. The molecule has 3 rings (SSSR count). The van der Waals surface area contributed by atoms with Crippen molar-refractivity contribution in [2.75, 3.05) is 7.11 Å². The molecule has 3 nitrogen and oxygen atoms in total. The van der Waals surface area contributed by atoms with Crippen LogP contribution in [-0.4, -0.2) is 12.3 Å². The molecule has 0 N–H and O–H groups in total. The average molecular weight is 257 g/mol. The smallest absolute Gasteiger partial charge is 0.174 e. The van der Waals surface area contributed by atoms with Gasteiger partial charge in [0, 0.05) is 11.1 Å². The Morgan fingerprint density at radius 1 is 1.16 bits per heavy atom. The first-order chi connectivity index (χ1) is 9.22. The Balaban J connectivity index is 2.28. The molecule has 0 saturated carbocycles. The number of aryl methyl sites for hydroxylation is 1. The lowest BCUT2D eigenvalue weighted by atomic mass is 10.1. The number of hydrogen-bond acceptors (Lipinski definition) is 3. The van der Waals surface area contributed by atoms with Crippen molar-refractivity contribution in [3.63, 3.8) is 0 Å². The third-order valence-corrected chi connectivity index (χ3v) is 3.19. The highest BCUT2D eigenvalue weighted by Crippen LogP contribution is 2.34. The van der Waals surface area contributed by atoms with E-state index in [0.717, 1.165) is 16.7 Å². The highest BCUT2D eigenvalue weighted by molar-refractivity contribution is 5.94. The van der Waals surface area contributed by atoms with E-state index in [4.69, 9.17) is 9.26 Å². The van der Waals surface area contributed by atoms with Gasteiger partial charge in [0.25, 0.3) is 0 Å². The summed E-state index contributed by atoms with van der Waals surface area (Å²) in [5, 5.41) is 4.77. The fraction of sp³-hybridized carbons (Fsp3) is 0.133. The van der Waals surface area contributed by atoms with Crippen molar-refractivity contribution in [1.29, 1.82) is 0 Å². The topological polar surface area (TPSA) is 35.3 Å². The van der Waals surface area contributed by atoms with E-state index in [1.165, 1.54) is 6.07 Å². The molecule has 0 atom stereocenters. The van der Waals surface area contributed by atoms with Gasteiger partial charge in [-0.3, -0.25) is 0 Å². The first-order valence-electron chi connectivity index (χ1n) is 5.90. The van der Waals surface area contributed by atoms with Crippen LogP contribution >= 0.6 is 0 Å². The lowest BCUT2D eigenvalue weighted by molar-refractivity contribution is 0.408. The summed E-state index contributed by atoms with van der Waals surface area (Å²) in [6.07, 6.45) is 0. The minimum atomic E-state index is -0.314. The summed E-state index contributed by atoms with van der Waals surface area (Å²) in [6, 6.07) is 10.2. The van der Waals surface area contributed by atoms with Gasteiger partial charge in [-0.2, -0.15) is 0 Å². The van der Waals surface area contributed by atoms with E-state index >= 15 is 0 Å². The number of ether oxygens (including phenoxy) is 1. The standard InChI is InChI=1S/C15H12FNO2/c1-9-13(18-2)8-7-11-14(17-19-15(9)11)10-5-3-4-6-12(10)16/h3-8H,1-2H3. The van der Waals surface area contributed by atoms with Crippen molar-refractivity contribution >= 4 is 11.0 Å². The Bertz CT molecular complexity index is 749. The first kappa shape index (κ1) is 11.7. The number of halogens is 1. The van der Waals surface area contributed by atoms with Crippen LogP contribution < -0.4 is 4.74 Å². The van der Waals surface area contributed by atoms with Gasteiger partial charge in [0.1, 0.15) is 17.3 Å². The molecule has 4 heteroatoms. The molecular weight excluding hydrogens is 245 g/mol. The Labute approximate surface area is 109 Å². The van der Waals surface area contributed by atoms with Crippen LogP contribution in [0.2, 0.25) is 0 Å². The number of fused-ring (bicyclic) bond motifs is 1. The van der Waals surface area contributed by atoms with Crippen molar-refractivity contribution < 1.29 is 13.7 Å². The van der Waals surface area contributed by atoms with Crippen molar-refractivity contribution in [2.45, 2.75) is 6.92 Å². The van der Waals surface area contributed by atoms with Gasteiger partial charge in [-0.25, -0.2) is 4.39 Å². The minimum Gasteiger partial charge on any atom is -0.496 e. The third-order valence-electron chi connectivity index (χ3n) is 3.19. The summed E-state index contributed by atoms with van der Waals surface area (Å²) in [4.78, 5) is 0. The zero-order valence-electron chi connectivity index (χ0n) is 10.6. The van der Waals surface area contributed by atoms with Gasteiger partial charge >= 0.3 is 0 Å². The van der Waals surface area contributed by atoms with Crippen LogP contribution in [0, 0.1) is 12.7 Å². The largest absolute Gasteiger partial charge is 0.496 e. The van der Waals surface area contributed by atoms with Crippen LogP contribution in [0.5, 0.6) is 5.75 Å². The fourth-order valence-electron chi connectivity index (χ4n) is 2.19. The molecule has 0 radical (unpaired) electrons. The SMILES string of the molecule is COc1ccc2c(-c3ccccc3F)noc2c1C. The molecule has 0 saturated heterocycles. The number of hydrogen-bond donors (Lipinski definition) is 0. The lowest BCUT2D eigenvalue weighted by Gasteiger charge is -2.03. The van der Waals surface area contributed by atoms with E-state index in [-0.39, 0.29) is 5.82 Å². The molecule has 0 bridgehead atoms. The van der Waals surface area contributed by atoms with Crippen molar-refractivity contribution in [3.8, 4) is 17.0 Å². The fourth-order valence-corrected chi connectivity index (χ4v) is 2.19. The van der Waals surface area contributed by atoms with E-state index in [2.05, 4.69) is 5.16 Å². The quantitative estimate of drug-likeness (QED) is 0.697. The van der Waals surface area contributed by atoms with E-state index in [1.54, 1.807) is 25.3 Å². The van der Waals surface area contributed by atoms with Gasteiger partial charge in [-0.05, 0) is 31.2 Å². The van der Waals surface area contributed by atoms with Crippen molar-refractivity contribution in [2.24, 2.45) is 0 Å². The molecule has 0 aliphatic rings. The molecule has 96 valence electrons. The number of rotatable bonds is 2. The molecular formula is C15H12FNO2. The molecule has 19 heavy (non-hydrogen) atoms. The van der Waals surface area contributed by atoms with Gasteiger partial charge in [0.15, 0.2) is 5.58 Å². The van der Waals surface area contributed by atoms with Crippen LogP contribution in [0.1, 0.15) is 5.56 Å². The number of methoxy groups -OCH3 is 1. The van der Waals surface area contributed by atoms with Gasteiger partial charge in [0.05, 0.1) is 12.5 Å². The monoisotopic (exact) mass is 257 g/mol. The Kier molecular flexibility index (Phi) is 2.71. The zero-order valence-corrected chi connectivity index (χ0v) is 10.6. The van der Waals surface area contributed by atoms with E-state index < -0.39 is 0 Å². The lowest BCUT2D eigenvalue weighted by Crippen LogP contribution is -1.87. The first-order valence-corrected chi connectivity index (χ1v) is 5.90. The Morgan fingerprint density at radius 3 is 2.68 bits per heavy atom. The summed E-state index contributed by atoms with van der Waals surface area (Å²) in [7, 11) is 1.60. The van der Waals surface area contributed by atoms with Crippen LogP contribution in [0.25, 0.3) is 22.2 Å². The summed E-state index contributed by atoms with van der Waals surface area (Å²) in [5.74, 6) is 0.412. The molecule has 0 fully saturated rings. The second-order valence-electron chi connectivity index (χ2n) is 4.28. The van der Waals surface area contributed by atoms with E-state index in [9.17, 15) is 4.39 Å². The van der Waals surface area contributed by atoms with Crippen LogP contribution in [0.4, 0.5) is 4.39 Å². The molecule has 0 aliphatic heterocycles. The van der Waals surface area contributed by atoms with Gasteiger partial charge in [-0.15, -0.1) is 0 Å². The van der Waals surface area contributed by atoms with Crippen LogP contribution in [-0.2, 0) is 0 Å². The normalized spacial score (nSPS) is 10.9. The Morgan fingerprint density at radius 2 is 1.95 bits per heavy atom. The predicted octanol–water partition coefficient (Wildman–Crippen LogP) is 3.95. The maximum absolute atomic E-state index is 13.8. The highest BCUT2D eigenvalue weighted by atomic mass is 19.1. The molecule has 0 spiro atoms. The second kappa shape index (κ2) is 4.39.